The number of rotatable bonds is 3. The summed E-state index contributed by atoms with van der Waals surface area (Å²) < 4.78 is 0. The van der Waals surface area contributed by atoms with Crippen molar-refractivity contribution in [2.45, 2.75) is 45.4 Å². The Kier molecular flexibility index (Phi) is 5.95. The van der Waals surface area contributed by atoms with Gasteiger partial charge in [-0.2, -0.15) is 0 Å². The van der Waals surface area contributed by atoms with E-state index in [1.807, 2.05) is 41.0 Å². The van der Waals surface area contributed by atoms with Gasteiger partial charge in [0, 0.05) is 38.3 Å². The molecular weight excluding hydrogens is 314 g/mol. The molecule has 2 aliphatic heterocycles. The van der Waals surface area contributed by atoms with E-state index in [4.69, 9.17) is 0 Å². The first-order chi connectivity index (χ1) is 12.1. The predicted molar refractivity (Wildman–Crippen MR) is 99.5 cm³/mol. The minimum Gasteiger partial charge on any atom is -0.343 e. The van der Waals surface area contributed by atoms with Crippen molar-refractivity contribution in [2.24, 2.45) is 5.92 Å². The number of para-hydroxylation sites is 1. The lowest BCUT2D eigenvalue weighted by molar-refractivity contribution is -0.133. The van der Waals surface area contributed by atoms with Crippen LogP contribution in [0.4, 0.5) is 10.5 Å². The molecule has 1 N–H and O–H groups in total. The van der Waals surface area contributed by atoms with Crippen LogP contribution >= 0.6 is 0 Å². The summed E-state index contributed by atoms with van der Waals surface area (Å²) in [6.07, 6.45) is 6.01. The highest BCUT2D eigenvalue weighted by atomic mass is 16.2. The van der Waals surface area contributed by atoms with Gasteiger partial charge in [-0.05, 0) is 56.6 Å². The molecule has 2 aliphatic rings. The van der Waals surface area contributed by atoms with Crippen LogP contribution in [0, 0.1) is 12.8 Å². The van der Waals surface area contributed by atoms with Crippen molar-refractivity contribution < 1.29 is 9.59 Å². The van der Waals surface area contributed by atoms with Crippen LogP contribution in [0.25, 0.3) is 0 Å². The normalized spacial score (nSPS) is 18.9. The van der Waals surface area contributed by atoms with Gasteiger partial charge in [-0.1, -0.05) is 18.2 Å². The van der Waals surface area contributed by atoms with Crippen LogP contribution in [-0.4, -0.2) is 47.9 Å². The highest BCUT2D eigenvalue weighted by Crippen LogP contribution is 2.23. The lowest BCUT2D eigenvalue weighted by Gasteiger charge is -2.33. The Morgan fingerprint density at radius 1 is 1.00 bits per heavy atom. The third-order valence-electron chi connectivity index (χ3n) is 5.46. The maximum Gasteiger partial charge on any atom is 0.321 e. The van der Waals surface area contributed by atoms with Crippen LogP contribution in [0.1, 0.15) is 44.1 Å². The number of carbonyl (C=O) groups excluding carboxylic acids is 2. The Labute approximate surface area is 150 Å². The first kappa shape index (κ1) is 17.8. The van der Waals surface area contributed by atoms with Crippen molar-refractivity contribution in [1.82, 2.24) is 9.80 Å². The molecule has 0 spiro atoms. The third-order valence-corrected chi connectivity index (χ3v) is 5.46. The van der Waals surface area contributed by atoms with E-state index >= 15 is 0 Å². The van der Waals surface area contributed by atoms with Gasteiger partial charge in [0.05, 0.1) is 0 Å². The minimum atomic E-state index is -0.0323. The standard InChI is InChI=1S/C20H29N3O2/c1-16-7-3-4-8-18(16)21-20(25)23-13-9-17(10-14-23)15-19(24)22-11-5-2-6-12-22/h3-4,7-8,17H,2,5-6,9-15H2,1H3,(H,21,25). The summed E-state index contributed by atoms with van der Waals surface area (Å²) in [5.74, 6) is 0.722. The number of benzene rings is 1. The molecule has 0 unspecified atom stereocenters. The Bertz CT molecular complexity index is 603. The number of nitrogens with zero attached hydrogens (tertiary/aromatic N) is 2. The Hall–Kier alpha value is -2.04. The van der Waals surface area contributed by atoms with Crippen molar-refractivity contribution in [3.05, 3.63) is 29.8 Å². The number of amides is 3. The van der Waals surface area contributed by atoms with Crippen molar-refractivity contribution in [3.8, 4) is 0 Å². The summed E-state index contributed by atoms with van der Waals surface area (Å²) in [6.45, 7) is 5.31. The summed E-state index contributed by atoms with van der Waals surface area (Å²) >= 11 is 0. The van der Waals surface area contributed by atoms with Crippen molar-refractivity contribution in [3.63, 3.8) is 0 Å². The van der Waals surface area contributed by atoms with Gasteiger partial charge in [-0.25, -0.2) is 4.79 Å². The van der Waals surface area contributed by atoms with Gasteiger partial charge in [0.2, 0.25) is 5.91 Å². The highest BCUT2D eigenvalue weighted by Gasteiger charge is 2.26. The smallest absolute Gasteiger partial charge is 0.321 e. The van der Waals surface area contributed by atoms with Gasteiger partial charge in [0.1, 0.15) is 0 Å². The van der Waals surface area contributed by atoms with E-state index in [9.17, 15) is 9.59 Å². The fourth-order valence-electron chi connectivity index (χ4n) is 3.77. The van der Waals surface area contributed by atoms with Crippen LogP contribution in [0.5, 0.6) is 0 Å². The molecule has 0 aliphatic carbocycles. The summed E-state index contributed by atoms with van der Waals surface area (Å²) in [6, 6.07) is 7.79. The van der Waals surface area contributed by atoms with Crippen LogP contribution in [0.2, 0.25) is 0 Å². The first-order valence-electron chi connectivity index (χ1n) is 9.53. The molecule has 136 valence electrons. The quantitative estimate of drug-likeness (QED) is 0.911. The van der Waals surface area contributed by atoms with E-state index in [-0.39, 0.29) is 6.03 Å². The molecule has 1 aromatic rings. The lowest BCUT2D eigenvalue weighted by atomic mass is 9.92. The van der Waals surface area contributed by atoms with Gasteiger partial charge in [0.25, 0.3) is 0 Å². The van der Waals surface area contributed by atoms with Crippen LogP contribution in [-0.2, 0) is 4.79 Å². The highest BCUT2D eigenvalue weighted by molar-refractivity contribution is 5.90. The topological polar surface area (TPSA) is 52.7 Å². The van der Waals surface area contributed by atoms with E-state index in [0.29, 0.717) is 18.2 Å². The summed E-state index contributed by atoms with van der Waals surface area (Å²) in [7, 11) is 0. The maximum absolute atomic E-state index is 12.4. The van der Waals surface area contributed by atoms with Gasteiger partial charge in [-0.3, -0.25) is 4.79 Å². The Balaban J connectivity index is 1.44. The number of anilines is 1. The number of piperidine rings is 2. The molecule has 2 heterocycles. The zero-order valence-electron chi connectivity index (χ0n) is 15.2. The molecule has 0 saturated carbocycles. The summed E-state index contributed by atoms with van der Waals surface area (Å²) in [4.78, 5) is 28.7. The van der Waals surface area contributed by atoms with Crippen molar-refractivity contribution >= 4 is 17.6 Å². The largest absolute Gasteiger partial charge is 0.343 e. The second-order valence-corrected chi connectivity index (χ2v) is 7.32. The van der Waals surface area contributed by atoms with E-state index in [1.54, 1.807) is 0 Å². The number of hydrogen-bond acceptors (Lipinski definition) is 2. The fraction of sp³-hybridized carbons (Fsp3) is 0.600. The lowest BCUT2D eigenvalue weighted by Crippen LogP contribution is -2.42. The number of nitrogens with one attached hydrogen (secondary N) is 1. The van der Waals surface area contributed by atoms with Crippen LogP contribution in [0.15, 0.2) is 24.3 Å². The van der Waals surface area contributed by atoms with Crippen molar-refractivity contribution in [2.75, 3.05) is 31.5 Å². The average Bonchev–Trinajstić information content (AvgIpc) is 2.65. The van der Waals surface area contributed by atoms with E-state index in [0.717, 1.165) is 63.1 Å². The molecule has 3 amide bonds. The zero-order valence-corrected chi connectivity index (χ0v) is 15.2. The number of urea groups is 1. The number of hydrogen-bond donors (Lipinski definition) is 1. The second-order valence-electron chi connectivity index (χ2n) is 7.32. The van der Waals surface area contributed by atoms with E-state index in [1.165, 1.54) is 6.42 Å². The molecule has 25 heavy (non-hydrogen) atoms. The van der Waals surface area contributed by atoms with Crippen LogP contribution < -0.4 is 5.32 Å². The molecule has 2 fully saturated rings. The minimum absolute atomic E-state index is 0.0323. The summed E-state index contributed by atoms with van der Waals surface area (Å²) in [5.41, 5.74) is 1.94. The maximum atomic E-state index is 12.4. The first-order valence-corrected chi connectivity index (χ1v) is 9.53. The van der Waals surface area contributed by atoms with Crippen LogP contribution in [0.3, 0.4) is 0 Å². The van der Waals surface area contributed by atoms with Gasteiger partial charge < -0.3 is 15.1 Å². The monoisotopic (exact) mass is 343 g/mol. The SMILES string of the molecule is Cc1ccccc1NC(=O)N1CCC(CC(=O)N2CCCCC2)CC1. The zero-order chi connectivity index (χ0) is 17.6. The number of aryl methyl sites for hydroxylation is 1. The Morgan fingerprint density at radius 2 is 1.68 bits per heavy atom. The molecule has 0 aromatic heterocycles. The Morgan fingerprint density at radius 3 is 2.36 bits per heavy atom. The third kappa shape index (κ3) is 4.74. The fourth-order valence-corrected chi connectivity index (χ4v) is 3.77. The van der Waals surface area contributed by atoms with Gasteiger partial charge in [0.15, 0.2) is 0 Å². The molecule has 5 nitrogen and oxygen atoms in total. The second kappa shape index (κ2) is 8.37. The van der Waals surface area contributed by atoms with Gasteiger partial charge >= 0.3 is 6.03 Å². The molecular formula is C20H29N3O2. The predicted octanol–water partition coefficient (Wildman–Crippen LogP) is 3.64. The molecule has 0 bridgehead atoms. The molecule has 3 rings (SSSR count). The molecule has 1 aromatic carbocycles. The van der Waals surface area contributed by atoms with E-state index < -0.39 is 0 Å². The molecule has 0 atom stereocenters. The molecule has 2 saturated heterocycles. The number of likely N-dealkylation sites (tertiary alicyclic amines) is 2. The van der Waals surface area contributed by atoms with Gasteiger partial charge in [-0.15, -0.1) is 0 Å². The average molecular weight is 343 g/mol. The molecule has 5 heteroatoms. The number of carbonyl (C=O) groups is 2. The molecule has 0 radical (unpaired) electrons. The summed E-state index contributed by atoms with van der Waals surface area (Å²) in [5, 5.41) is 3.00. The van der Waals surface area contributed by atoms with E-state index in [2.05, 4.69) is 5.32 Å². The van der Waals surface area contributed by atoms with Crippen molar-refractivity contribution in [1.29, 1.82) is 0 Å².